The normalized spacial score (nSPS) is 14.6. The van der Waals surface area contributed by atoms with Gasteiger partial charge in [-0.2, -0.15) is 5.10 Å². The van der Waals surface area contributed by atoms with Crippen LogP contribution in [0, 0.1) is 0 Å². The van der Waals surface area contributed by atoms with Crippen molar-refractivity contribution in [1.29, 1.82) is 0 Å². The zero-order valence-corrected chi connectivity index (χ0v) is 16.3. The zero-order valence-electron chi connectivity index (χ0n) is 16.3. The van der Waals surface area contributed by atoms with Crippen LogP contribution in [0.15, 0.2) is 66.7 Å². The van der Waals surface area contributed by atoms with Gasteiger partial charge in [-0.25, -0.2) is 9.48 Å². The highest BCUT2D eigenvalue weighted by Gasteiger charge is 2.28. The number of para-hydroxylation sites is 1. The van der Waals surface area contributed by atoms with E-state index in [1.165, 1.54) is 0 Å². The van der Waals surface area contributed by atoms with Crippen molar-refractivity contribution in [2.24, 2.45) is 0 Å². The van der Waals surface area contributed by atoms with Gasteiger partial charge in [-0.15, -0.1) is 0 Å². The first kappa shape index (κ1) is 18.9. The number of esters is 1. The maximum Gasteiger partial charge on any atom is 0.357 e. The lowest BCUT2D eigenvalue weighted by molar-refractivity contribution is -0.138. The summed E-state index contributed by atoms with van der Waals surface area (Å²) in [7, 11) is 0. The molecule has 0 unspecified atom stereocenters. The molecule has 1 saturated heterocycles. The number of aromatic nitrogens is 2. The Bertz CT molecular complexity index is 993. The Hall–Kier alpha value is -3.41. The van der Waals surface area contributed by atoms with Crippen LogP contribution in [0.1, 0.15) is 30.3 Å². The van der Waals surface area contributed by atoms with Crippen LogP contribution >= 0.6 is 0 Å². The number of benzene rings is 2. The molecule has 0 saturated carbocycles. The average Bonchev–Trinajstić information content (AvgIpc) is 3.45. The number of carbonyl (C=O) groups is 2. The Balaban J connectivity index is 1.63. The van der Waals surface area contributed by atoms with Crippen molar-refractivity contribution in [3.63, 3.8) is 0 Å². The molecule has 29 heavy (non-hydrogen) atoms. The molecule has 1 atom stereocenters. The molecule has 2 heterocycles. The summed E-state index contributed by atoms with van der Waals surface area (Å²) in [6.45, 7) is 3.07. The number of rotatable bonds is 5. The number of nitrogens with zero attached hydrogens (tertiary/aromatic N) is 3. The molecule has 148 valence electrons. The first-order chi connectivity index (χ1) is 14.1. The van der Waals surface area contributed by atoms with Gasteiger partial charge in [0.25, 0.3) is 5.91 Å². The third kappa shape index (κ3) is 4.06. The largest absolute Gasteiger partial charge is 0.448 e. The number of hydrogen-bond donors (Lipinski definition) is 0. The van der Waals surface area contributed by atoms with Gasteiger partial charge in [0.2, 0.25) is 0 Å². The molecule has 0 radical (unpaired) electrons. The molecule has 6 nitrogen and oxygen atoms in total. The molecule has 1 aliphatic heterocycles. The minimum atomic E-state index is -0.833. The van der Waals surface area contributed by atoms with E-state index in [2.05, 4.69) is 5.10 Å². The van der Waals surface area contributed by atoms with Crippen molar-refractivity contribution in [3.05, 3.63) is 72.4 Å². The molecule has 0 aliphatic carbocycles. The highest BCUT2D eigenvalue weighted by molar-refractivity contribution is 5.92. The Morgan fingerprint density at radius 3 is 2.24 bits per heavy atom. The van der Waals surface area contributed by atoms with Crippen molar-refractivity contribution >= 4 is 11.9 Å². The fourth-order valence-electron chi connectivity index (χ4n) is 3.51. The van der Waals surface area contributed by atoms with Crippen LogP contribution < -0.4 is 0 Å². The average molecular weight is 389 g/mol. The van der Waals surface area contributed by atoms with Crippen molar-refractivity contribution in [2.75, 3.05) is 13.1 Å². The summed E-state index contributed by atoms with van der Waals surface area (Å²) in [6.07, 6.45) is 1.15. The van der Waals surface area contributed by atoms with Crippen molar-refractivity contribution in [1.82, 2.24) is 14.7 Å². The quantitative estimate of drug-likeness (QED) is 0.624. The molecule has 0 bridgehead atoms. The summed E-state index contributed by atoms with van der Waals surface area (Å²) in [5, 5.41) is 4.62. The Labute approximate surface area is 169 Å². The second-order valence-corrected chi connectivity index (χ2v) is 7.11. The summed E-state index contributed by atoms with van der Waals surface area (Å²) in [4.78, 5) is 27.2. The second kappa shape index (κ2) is 8.31. The van der Waals surface area contributed by atoms with Gasteiger partial charge in [-0.1, -0.05) is 48.5 Å². The van der Waals surface area contributed by atoms with E-state index >= 15 is 0 Å². The van der Waals surface area contributed by atoms with E-state index in [1.54, 1.807) is 22.6 Å². The topological polar surface area (TPSA) is 64.4 Å². The van der Waals surface area contributed by atoms with Gasteiger partial charge in [0.15, 0.2) is 11.8 Å². The lowest BCUT2D eigenvalue weighted by Crippen LogP contribution is -2.38. The fraction of sp³-hybridized carbons (Fsp3) is 0.261. The maximum absolute atomic E-state index is 13.0. The van der Waals surface area contributed by atoms with Crippen molar-refractivity contribution in [3.8, 4) is 16.9 Å². The van der Waals surface area contributed by atoms with E-state index in [-0.39, 0.29) is 11.6 Å². The Morgan fingerprint density at radius 2 is 1.59 bits per heavy atom. The lowest BCUT2D eigenvalue weighted by atomic mass is 10.1. The molecule has 6 heteroatoms. The lowest BCUT2D eigenvalue weighted by Gasteiger charge is -2.20. The van der Waals surface area contributed by atoms with Crippen LogP contribution in [-0.4, -0.2) is 45.8 Å². The van der Waals surface area contributed by atoms with Gasteiger partial charge in [0.05, 0.1) is 11.4 Å². The van der Waals surface area contributed by atoms with Gasteiger partial charge >= 0.3 is 5.97 Å². The highest BCUT2D eigenvalue weighted by Crippen LogP contribution is 2.23. The molecule has 1 amide bonds. The number of carbonyl (C=O) groups excluding carboxylic acids is 2. The van der Waals surface area contributed by atoms with Gasteiger partial charge < -0.3 is 9.64 Å². The van der Waals surface area contributed by atoms with E-state index < -0.39 is 12.1 Å². The number of amides is 1. The molecular weight excluding hydrogens is 366 g/mol. The van der Waals surface area contributed by atoms with E-state index in [9.17, 15) is 9.59 Å². The van der Waals surface area contributed by atoms with Crippen molar-refractivity contribution < 1.29 is 14.3 Å². The summed E-state index contributed by atoms with van der Waals surface area (Å²) < 4.78 is 7.10. The van der Waals surface area contributed by atoms with Gasteiger partial charge in [0.1, 0.15) is 0 Å². The molecule has 1 aromatic heterocycles. The summed E-state index contributed by atoms with van der Waals surface area (Å²) >= 11 is 0. The Kier molecular flexibility index (Phi) is 5.42. The second-order valence-electron chi connectivity index (χ2n) is 7.11. The predicted octanol–water partition coefficient (Wildman–Crippen LogP) is 3.71. The molecular formula is C23H23N3O3. The van der Waals surface area contributed by atoms with E-state index in [0.717, 1.165) is 37.2 Å². The van der Waals surface area contributed by atoms with Gasteiger partial charge in [0, 0.05) is 18.7 Å². The third-order valence-electron chi connectivity index (χ3n) is 5.04. The predicted molar refractivity (Wildman–Crippen MR) is 110 cm³/mol. The summed E-state index contributed by atoms with van der Waals surface area (Å²) in [5.74, 6) is -0.714. The zero-order chi connectivity index (χ0) is 20.2. The van der Waals surface area contributed by atoms with E-state index in [1.807, 2.05) is 60.7 Å². The van der Waals surface area contributed by atoms with Crippen LogP contribution in [0.25, 0.3) is 16.9 Å². The number of ether oxygens (including phenoxy) is 1. The highest BCUT2D eigenvalue weighted by atomic mass is 16.5. The number of hydrogen-bond acceptors (Lipinski definition) is 4. The van der Waals surface area contributed by atoms with E-state index in [4.69, 9.17) is 4.74 Å². The molecule has 4 rings (SSSR count). The van der Waals surface area contributed by atoms with Crippen molar-refractivity contribution in [2.45, 2.75) is 25.9 Å². The molecule has 3 aromatic rings. The van der Waals surface area contributed by atoms with Gasteiger partial charge in [-0.3, -0.25) is 4.79 Å². The first-order valence-corrected chi connectivity index (χ1v) is 9.84. The van der Waals surface area contributed by atoms with Crippen LogP contribution in [0.3, 0.4) is 0 Å². The maximum atomic E-state index is 13.0. The van der Waals surface area contributed by atoms with Gasteiger partial charge in [-0.05, 0) is 38.0 Å². The molecule has 0 N–H and O–H groups in total. The van der Waals surface area contributed by atoms with Crippen LogP contribution in [-0.2, 0) is 9.53 Å². The molecule has 0 spiro atoms. The minimum absolute atomic E-state index is 0.148. The minimum Gasteiger partial charge on any atom is -0.448 e. The Morgan fingerprint density at radius 1 is 0.966 bits per heavy atom. The SMILES string of the molecule is C[C@@H](OC(=O)c1cc(-c2ccccc2)nn1-c1ccccc1)C(=O)N1CCCC1. The molecule has 1 aliphatic rings. The standard InChI is InChI=1S/C23H23N3O3/c1-17(22(27)25-14-8-9-15-25)29-23(28)21-16-20(18-10-4-2-5-11-18)24-26(21)19-12-6-3-7-13-19/h2-7,10-13,16-17H,8-9,14-15H2,1H3/t17-/m1/s1. The van der Waals surface area contributed by atoms with E-state index in [0.29, 0.717) is 5.69 Å². The smallest absolute Gasteiger partial charge is 0.357 e. The third-order valence-corrected chi connectivity index (χ3v) is 5.04. The summed E-state index contributed by atoms with van der Waals surface area (Å²) in [5.41, 5.74) is 2.61. The molecule has 1 fully saturated rings. The van der Waals surface area contributed by atoms with Crippen LogP contribution in [0.5, 0.6) is 0 Å². The molecule has 2 aromatic carbocycles. The van der Waals surface area contributed by atoms with Crippen LogP contribution in [0.2, 0.25) is 0 Å². The first-order valence-electron chi connectivity index (χ1n) is 9.84. The number of likely N-dealkylation sites (tertiary alicyclic amines) is 1. The fourth-order valence-corrected chi connectivity index (χ4v) is 3.51. The summed E-state index contributed by atoms with van der Waals surface area (Å²) in [6, 6.07) is 20.8. The monoisotopic (exact) mass is 389 g/mol. The van der Waals surface area contributed by atoms with Crippen LogP contribution in [0.4, 0.5) is 0 Å².